The monoisotopic (exact) mass is 244 g/mol. The van der Waals surface area contributed by atoms with E-state index < -0.39 is 0 Å². The van der Waals surface area contributed by atoms with Gasteiger partial charge in [-0.05, 0) is 24.1 Å². The second-order valence-corrected chi connectivity index (χ2v) is 4.38. The van der Waals surface area contributed by atoms with Gasteiger partial charge in [-0.2, -0.15) is 0 Å². The second-order valence-electron chi connectivity index (χ2n) is 4.38. The molecule has 0 fully saturated rings. The standard InChI is InChI=1S/C15H20N2O/c1-2-17-9-8-13(11-17)10-16-15(12-18)14-6-4-3-5-7-14/h3-9,11,15-16,18H,2,10,12H2,1H3. The highest BCUT2D eigenvalue weighted by molar-refractivity contribution is 5.19. The molecule has 0 aliphatic heterocycles. The van der Waals surface area contributed by atoms with Crippen molar-refractivity contribution in [1.82, 2.24) is 9.88 Å². The van der Waals surface area contributed by atoms with Crippen molar-refractivity contribution in [1.29, 1.82) is 0 Å². The Bertz CT molecular complexity index is 464. The highest BCUT2D eigenvalue weighted by Crippen LogP contribution is 2.12. The zero-order chi connectivity index (χ0) is 12.8. The van der Waals surface area contributed by atoms with Crippen molar-refractivity contribution >= 4 is 0 Å². The number of nitrogens with zero attached hydrogens (tertiary/aromatic N) is 1. The Labute approximate surface area is 108 Å². The maximum atomic E-state index is 9.44. The van der Waals surface area contributed by atoms with E-state index in [9.17, 15) is 5.11 Å². The Balaban J connectivity index is 1.95. The summed E-state index contributed by atoms with van der Waals surface area (Å²) in [6.45, 7) is 3.99. The summed E-state index contributed by atoms with van der Waals surface area (Å²) in [5.74, 6) is 0. The van der Waals surface area contributed by atoms with Crippen LogP contribution in [0.5, 0.6) is 0 Å². The molecule has 0 radical (unpaired) electrons. The van der Waals surface area contributed by atoms with E-state index in [1.54, 1.807) is 0 Å². The van der Waals surface area contributed by atoms with Crippen LogP contribution in [0, 0.1) is 0 Å². The number of nitrogens with one attached hydrogen (secondary N) is 1. The summed E-state index contributed by atoms with van der Waals surface area (Å²) >= 11 is 0. The summed E-state index contributed by atoms with van der Waals surface area (Å²) in [7, 11) is 0. The zero-order valence-corrected chi connectivity index (χ0v) is 10.7. The number of aliphatic hydroxyl groups excluding tert-OH is 1. The van der Waals surface area contributed by atoms with Gasteiger partial charge in [-0.3, -0.25) is 0 Å². The lowest BCUT2D eigenvalue weighted by molar-refractivity contribution is 0.243. The van der Waals surface area contributed by atoms with Crippen molar-refractivity contribution in [2.45, 2.75) is 26.1 Å². The molecule has 3 heteroatoms. The molecule has 1 atom stereocenters. The molecule has 0 aliphatic carbocycles. The van der Waals surface area contributed by atoms with E-state index in [2.05, 4.69) is 35.3 Å². The lowest BCUT2D eigenvalue weighted by Crippen LogP contribution is -2.23. The van der Waals surface area contributed by atoms with Crippen LogP contribution in [0.2, 0.25) is 0 Å². The van der Waals surface area contributed by atoms with Gasteiger partial charge in [0, 0.05) is 25.5 Å². The fourth-order valence-corrected chi connectivity index (χ4v) is 2.01. The summed E-state index contributed by atoms with van der Waals surface area (Å²) in [5, 5.41) is 12.8. The highest BCUT2D eigenvalue weighted by atomic mass is 16.3. The van der Waals surface area contributed by atoms with Crippen LogP contribution in [0.4, 0.5) is 0 Å². The molecule has 96 valence electrons. The van der Waals surface area contributed by atoms with Crippen LogP contribution in [0.3, 0.4) is 0 Å². The highest BCUT2D eigenvalue weighted by Gasteiger charge is 2.09. The Kier molecular flexibility index (Phi) is 4.56. The molecule has 18 heavy (non-hydrogen) atoms. The molecular formula is C15H20N2O. The molecule has 0 saturated carbocycles. The van der Waals surface area contributed by atoms with Crippen LogP contribution in [-0.4, -0.2) is 16.3 Å². The fraction of sp³-hybridized carbons (Fsp3) is 0.333. The molecule has 0 aliphatic rings. The average molecular weight is 244 g/mol. The molecule has 2 N–H and O–H groups in total. The van der Waals surface area contributed by atoms with E-state index in [1.807, 2.05) is 30.3 Å². The van der Waals surface area contributed by atoms with Crippen LogP contribution in [0.25, 0.3) is 0 Å². The van der Waals surface area contributed by atoms with Gasteiger partial charge < -0.3 is 15.0 Å². The van der Waals surface area contributed by atoms with Gasteiger partial charge in [-0.25, -0.2) is 0 Å². The summed E-state index contributed by atoms with van der Waals surface area (Å²) in [6, 6.07) is 12.1. The summed E-state index contributed by atoms with van der Waals surface area (Å²) < 4.78 is 2.15. The number of aryl methyl sites for hydroxylation is 1. The van der Waals surface area contributed by atoms with E-state index in [0.717, 1.165) is 18.7 Å². The number of hydrogen-bond acceptors (Lipinski definition) is 2. The minimum absolute atomic E-state index is 0.00354. The van der Waals surface area contributed by atoms with Crippen LogP contribution < -0.4 is 5.32 Å². The van der Waals surface area contributed by atoms with Gasteiger partial charge in [-0.1, -0.05) is 30.3 Å². The molecule has 0 amide bonds. The predicted octanol–water partition coefficient (Wildman–Crippen LogP) is 2.33. The molecular weight excluding hydrogens is 224 g/mol. The normalized spacial score (nSPS) is 12.6. The van der Waals surface area contributed by atoms with Gasteiger partial charge in [0.15, 0.2) is 0 Å². The van der Waals surface area contributed by atoms with Gasteiger partial charge in [0.25, 0.3) is 0 Å². The number of aromatic nitrogens is 1. The van der Waals surface area contributed by atoms with Gasteiger partial charge in [0.1, 0.15) is 0 Å². The van der Waals surface area contributed by atoms with Crippen LogP contribution in [0.1, 0.15) is 24.1 Å². The summed E-state index contributed by atoms with van der Waals surface area (Å²) in [5.41, 5.74) is 2.36. The third-order valence-corrected chi connectivity index (χ3v) is 3.11. The van der Waals surface area contributed by atoms with Crippen molar-refractivity contribution < 1.29 is 5.11 Å². The molecule has 2 aromatic rings. The van der Waals surface area contributed by atoms with Crippen molar-refractivity contribution in [2.24, 2.45) is 0 Å². The second kappa shape index (κ2) is 6.38. The fourth-order valence-electron chi connectivity index (χ4n) is 2.01. The minimum atomic E-state index is -0.00354. The topological polar surface area (TPSA) is 37.2 Å². The molecule has 2 rings (SSSR count). The largest absolute Gasteiger partial charge is 0.394 e. The summed E-state index contributed by atoms with van der Waals surface area (Å²) in [4.78, 5) is 0. The van der Waals surface area contributed by atoms with E-state index in [1.165, 1.54) is 5.56 Å². The van der Waals surface area contributed by atoms with Crippen LogP contribution >= 0.6 is 0 Å². The van der Waals surface area contributed by atoms with Gasteiger partial charge >= 0.3 is 0 Å². The van der Waals surface area contributed by atoms with E-state index in [0.29, 0.717) is 0 Å². The van der Waals surface area contributed by atoms with Gasteiger partial charge in [0.2, 0.25) is 0 Å². The Morgan fingerprint density at radius 2 is 2.00 bits per heavy atom. The molecule has 1 aromatic heterocycles. The van der Waals surface area contributed by atoms with Crippen LogP contribution in [-0.2, 0) is 13.1 Å². The smallest absolute Gasteiger partial charge is 0.0626 e. The predicted molar refractivity (Wildman–Crippen MR) is 73.2 cm³/mol. The Morgan fingerprint density at radius 3 is 2.61 bits per heavy atom. The average Bonchev–Trinajstić information content (AvgIpc) is 2.89. The first kappa shape index (κ1) is 12.9. The summed E-state index contributed by atoms with van der Waals surface area (Å²) in [6.07, 6.45) is 4.21. The number of benzene rings is 1. The number of hydrogen-bond donors (Lipinski definition) is 2. The lowest BCUT2D eigenvalue weighted by Gasteiger charge is -2.16. The molecule has 0 saturated heterocycles. The van der Waals surface area contributed by atoms with E-state index in [-0.39, 0.29) is 12.6 Å². The first-order chi connectivity index (χ1) is 8.83. The van der Waals surface area contributed by atoms with Crippen molar-refractivity contribution in [3.05, 3.63) is 59.9 Å². The Morgan fingerprint density at radius 1 is 1.22 bits per heavy atom. The molecule has 1 aromatic carbocycles. The minimum Gasteiger partial charge on any atom is -0.394 e. The quantitative estimate of drug-likeness (QED) is 0.818. The first-order valence-corrected chi connectivity index (χ1v) is 6.37. The molecule has 1 unspecified atom stereocenters. The van der Waals surface area contributed by atoms with Crippen molar-refractivity contribution in [2.75, 3.05) is 6.61 Å². The molecule has 0 spiro atoms. The van der Waals surface area contributed by atoms with E-state index in [4.69, 9.17) is 0 Å². The molecule has 0 bridgehead atoms. The third kappa shape index (κ3) is 3.22. The first-order valence-electron chi connectivity index (χ1n) is 6.37. The van der Waals surface area contributed by atoms with Gasteiger partial charge in [-0.15, -0.1) is 0 Å². The number of aliphatic hydroxyl groups is 1. The molecule has 3 nitrogen and oxygen atoms in total. The maximum absolute atomic E-state index is 9.44. The number of rotatable bonds is 6. The van der Waals surface area contributed by atoms with Gasteiger partial charge in [0.05, 0.1) is 12.6 Å². The van der Waals surface area contributed by atoms with Crippen molar-refractivity contribution in [3.8, 4) is 0 Å². The Hall–Kier alpha value is -1.58. The maximum Gasteiger partial charge on any atom is 0.0626 e. The van der Waals surface area contributed by atoms with Crippen LogP contribution in [0.15, 0.2) is 48.8 Å². The molecule has 1 heterocycles. The zero-order valence-electron chi connectivity index (χ0n) is 10.7. The third-order valence-electron chi connectivity index (χ3n) is 3.11. The lowest BCUT2D eigenvalue weighted by atomic mass is 10.1. The van der Waals surface area contributed by atoms with E-state index >= 15 is 0 Å². The SMILES string of the molecule is CCn1ccc(CNC(CO)c2ccccc2)c1. The van der Waals surface area contributed by atoms with Crippen molar-refractivity contribution in [3.63, 3.8) is 0 Å².